The van der Waals surface area contributed by atoms with E-state index in [1.165, 1.54) is 6.07 Å². The van der Waals surface area contributed by atoms with Gasteiger partial charge >= 0.3 is 5.97 Å². The van der Waals surface area contributed by atoms with Crippen molar-refractivity contribution in [3.05, 3.63) is 106 Å². The van der Waals surface area contributed by atoms with E-state index in [1.807, 2.05) is 53.1 Å². The Morgan fingerprint density at radius 1 is 1.04 bits per heavy atom. The first-order valence-electron chi connectivity index (χ1n) is 14.9. The maximum absolute atomic E-state index is 15.1. The average molecular weight is 605 g/mol. The van der Waals surface area contributed by atoms with E-state index in [9.17, 15) is 15.2 Å². The number of aromatic nitrogens is 3. The van der Waals surface area contributed by atoms with Crippen molar-refractivity contribution in [3.8, 4) is 29.0 Å². The molecule has 2 aliphatic heterocycles. The minimum Gasteiger partial charge on any atom is -0.493 e. The Balaban J connectivity index is 1.27. The number of nitrogens with zero attached hydrogens (tertiary/aromatic N) is 4. The molecule has 3 aromatic carbocycles. The molecule has 2 aromatic heterocycles. The number of fused-ring (bicyclic) bond motifs is 7. The summed E-state index contributed by atoms with van der Waals surface area (Å²) < 4.78 is 35.1. The van der Waals surface area contributed by atoms with E-state index in [1.54, 1.807) is 6.07 Å². The predicted octanol–water partition coefficient (Wildman–Crippen LogP) is 6.09. The van der Waals surface area contributed by atoms with Gasteiger partial charge in [0.15, 0.2) is 5.82 Å². The smallest absolute Gasteiger partial charge is 0.335 e. The van der Waals surface area contributed by atoms with E-state index >= 15 is 4.39 Å². The van der Waals surface area contributed by atoms with Crippen LogP contribution in [0.1, 0.15) is 51.3 Å². The molecular formula is C35H29FN4O5. The van der Waals surface area contributed by atoms with Crippen molar-refractivity contribution in [1.29, 1.82) is 5.26 Å². The number of hydrogen-bond donors (Lipinski definition) is 1. The predicted molar refractivity (Wildman–Crippen MR) is 163 cm³/mol. The fourth-order valence-electron chi connectivity index (χ4n) is 5.81. The molecule has 2 aliphatic rings. The lowest BCUT2D eigenvalue weighted by Crippen LogP contribution is -2.31. The topological polar surface area (TPSA) is 119 Å². The maximum atomic E-state index is 15.1. The molecule has 7 rings (SSSR count). The van der Waals surface area contributed by atoms with Gasteiger partial charge in [-0.1, -0.05) is 24.3 Å². The summed E-state index contributed by atoms with van der Waals surface area (Å²) in [4.78, 5) is 21.1. The van der Waals surface area contributed by atoms with E-state index < -0.39 is 11.8 Å². The third-order valence-corrected chi connectivity index (χ3v) is 8.31. The summed E-state index contributed by atoms with van der Waals surface area (Å²) in [7, 11) is 0. The Kier molecular flexibility index (Phi) is 7.61. The summed E-state index contributed by atoms with van der Waals surface area (Å²) in [6, 6.07) is 21.8. The van der Waals surface area contributed by atoms with Crippen molar-refractivity contribution in [1.82, 2.24) is 14.5 Å². The Hall–Kier alpha value is -5.27. The lowest BCUT2D eigenvalue weighted by atomic mass is 10.0. The summed E-state index contributed by atoms with van der Waals surface area (Å²) in [6.07, 6.45) is 2.52. The molecule has 226 valence electrons. The summed E-state index contributed by atoms with van der Waals surface area (Å²) in [5, 5.41) is 19.0. The molecule has 10 heteroatoms. The number of carbonyl (C=O) groups is 1. The number of carboxylic acid groups (broad SMARTS) is 1. The Labute approximate surface area is 258 Å². The molecule has 9 nitrogen and oxygen atoms in total. The van der Waals surface area contributed by atoms with Crippen LogP contribution in [0, 0.1) is 17.1 Å². The van der Waals surface area contributed by atoms with Gasteiger partial charge < -0.3 is 23.9 Å². The van der Waals surface area contributed by atoms with Gasteiger partial charge in [0.05, 0.1) is 47.7 Å². The third-order valence-electron chi connectivity index (χ3n) is 8.31. The van der Waals surface area contributed by atoms with Crippen LogP contribution in [0.25, 0.3) is 22.3 Å². The van der Waals surface area contributed by atoms with E-state index in [4.69, 9.17) is 19.2 Å². The molecule has 0 radical (unpaired) electrons. The van der Waals surface area contributed by atoms with Gasteiger partial charge in [-0.15, -0.1) is 0 Å². The molecule has 5 aromatic rings. The lowest BCUT2D eigenvalue weighted by Gasteiger charge is -2.27. The van der Waals surface area contributed by atoms with Gasteiger partial charge in [-0.2, -0.15) is 5.26 Å². The van der Waals surface area contributed by atoms with Gasteiger partial charge in [0.2, 0.25) is 5.88 Å². The number of rotatable bonds is 5. The molecule has 4 heterocycles. The first kappa shape index (κ1) is 28.5. The van der Waals surface area contributed by atoms with Gasteiger partial charge in [-0.3, -0.25) is 0 Å². The number of nitriles is 1. The number of carboxylic acids is 1. The molecule has 1 N–H and O–H groups in total. The van der Waals surface area contributed by atoms with Crippen LogP contribution in [0.15, 0.2) is 66.7 Å². The molecule has 0 unspecified atom stereocenters. The monoisotopic (exact) mass is 604 g/mol. The molecule has 0 saturated carbocycles. The highest BCUT2D eigenvalue weighted by atomic mass is 19.1. The van der Waals surface area contributed by atoms with Gasteiger partial charge in [-0.25, -0.2) is 19.2 Å². The summed E-state index contributed by atoms with van der Waals surface area (Å²) in [5.74, 6) is -0.165. The van der Waals surface area contributed by atoms with Crippen molar-refractivity contribution in [3.63, 3.8) is 0 Å². The number of aryl methyl sites for hydroxylation is 1. The standard InChI is InChI=1S/C35H29FN4O5/c36-28-14-26(35(41)42)15-30-34(28)39-32(40(30)19-27-10-12-43-27)17-24-9-8-23-16-31(24)44-11-2-3-22-13-21(18-37)6-7-25(22)20-45-33-5-1-4-29(23)38-33/h1,4-9,13-16,27H,2-3,10-12,17,19-20H2,(H,41,42)/t27-/m0/s1. The second-order valence-electron chi connectivity index (χ2n) is 11.2. The van der Waals surface area contributed by atoms with Crippen LogP contribution < -0.4 is 9.47 Å². The van der Waals surface area contributed by atoms with E-state index in [-0.39, 0.29) is 17.2 Å². The number of benzene rings is 3. The zero-order chi connectivity index (χ0) is 30.9. The highest BCUT2D eigenvalue weighted by Crippen LogP contribution is 2.32. The Bertz CT molecular complexity index is 1980. The summed E-state index contributed by atoms with van der Waals surface area (Å²) in [6.45, 7) is 1.85. The first-order valence-corrected chi connectivity index (χ1v) is 14.9. The molecule has 1 atom stereocenters. The lowest BCUT2D eigenvalue weighted by molar-refractivity contribution is -0.0589. The molecule has 1 fully saturated rings. The zero-order valence-corrected chi connectivity index (χ0v) is 24.3. The van der Waals surface area contributed by atoms with Crippen molar-refractivity contribution in [2.75, 3.05) is 13.2 Å². The van der Waals surface area contributed by atoms with E-state index in [2.05, 4.69) is 11.1 Å². The van der Waals surface area contributed by atoms with Gasteiger partial charge in [0, 0.05) is 30.2 Å². The second kappa shape index (κ2) is 12.0. The van der Waals surface area contributed by atoms with Crippen molar-refractivity contribution >= 4 is 17.0 Å². The minimum atomic E-state index is -1.20. The molecule has 4 bridgehead atoms. The van der Waals surface area contributed by atoms with E-state index in [0.29, 0.717) is 74.2 Å². The number of pyridine rings is 1. The van der Waals surface area contributed by atoms with Crippen LogP contribution in [-0.4, -0.2) is 44.9 Å². The molecule has 0 aliphatic carbocycles. The Morgan fingerprint density at radius 2 is 1.93 bits per heavy atom. The van der Waals surface area contributed by atoms with Crippen LogP contribution in [0.5, 0.6) is 11.6 Å². The van der Waals surface area contributed by atoms with Crippen molar-refractivity contribution in [2.45, 2.75) is 44.9 Å². The van der Waals surface area contributed by atoms with E-state index in [0.717, 1.165) is 40.4 Å². The fourth-order valence-corrected chi connectivity index (χ4v) is 5.81. The Morgan fingerprint density at radius 3 is 2.73 bits per heavy atom. The highest BCUT2D eigenvalue weighted by molar-refractivity contribution is 5.92. The normalized spacial score (nSPS) is 16.0. The van der Waals surface area contributed by atoms with Crippen molar-refractivity contribution in [2.24, 2.45) is 0 Å². The number of ether oxygens (including phenoxy) is 3. The number of imidazole rings is 1. The zero-order valence-electron chi connectivity index (χ0n) is 24.3. The number of hydrogen-bond acceptors (Lipinski definition) is 7. The second-order valence-corrected chi connectivity index (χ2v) is 11.2. The summed E-state index contributed by atoms with van der Waals surface area (Å²) >= 11 is 0. The quantitative estimate of drug-likeness (QED) is 0.256. The van der Waals surface area contributed by atoms with Crippen LogP contribution in [0.2, 0.25) is 0 Å². The maximum Gasteiger partial charge on any atom is 0.335 e. The molecule has 0 amide bonds. The van der Waals surface area contributed by atoms with Gasteiger partial charge in [0.1, 0.15) is 23.7 Å². The first-order chi connectivity index (χ1) is 21.9. The molecule has 1 saturated heterocycles. The molecule has 0 spiro atoms. The molecular weight excluding hydrogens is 575 g/mol. The third kappa shape index (κ3) is 5.82. The van der Waals surface area contributed by atoms with Crippen molar-refractivity contribution < 1.29 is 28.5 Å². The van der Waals surface area contributed by atoms with Crippen LogP contribution in [0.4, 0.5) is 4.39 Å². The molecule has 45 heavy (non-hydrogen) atoms. The number of halogens is 1. The summed E-state index contributed by atoms with van der Waals surface area (Å²) in [5.41, 5.74) is 5.43. The van der Waals surface area contributed by atoms with Crippen LogP contribution in [0.3, 0.4) is 0 Å². The SMILES string of the molecule is N#Cc1ccc2c(c1)CCCOc1cc(ccc1Cc1nc3c(F)cc(C(=O)O)cc3n1C[C@@H]1CCO1)-c1cccc(n1)OC2. The van der Waals surface area contributed by atoms with Crippen LogP contribution in [-0.2, 0) is 30.7 Å². The largest absolute Gasteiger partial charge is 0.493 e. The van der Waals surface area contributed by atoms with Gasteiger partial charge in [0.25, 0.3) is 0 Å². The average Bonchev–Trinajstić information content (AvgIpc) is 3.37. The minimum absolute atomic E-state index is 0.0562. The highest BCUT2D eigenvalue weighted by Gasteiger charge is 2.25. The fraction of sp³-hybridized carbons (Fsp3) is 0.257. The number of aromatic carboxylic acids is 1. The van der Waals surface area contributed by atoms with Crippen LogP contribution >= 0.6 is 0 Å². The van der Waals surface area contributed by atoms with Gasteiger partial charge in [-0.05, 0) is 66.8 Å².